The number of anilines is 2. The number of rotatable bonds is 4. The molecule has 100 valence electrons. The molecule has 0 saturated carbocycles. The maximum absolute atomic E-state index is 11.1. The second kappa shape index (κ2) is 6.04. The van der Waals surface area contributed by atoms with Gasteiger partial charge in [-0.3, -0.25) is 4.79 Å². The number of hydrogen-bond donors (Lipinski definition) is 2. The normalized spacial score (nSPS) is 10.3. The van der Waals surface area contributed by atoms with Crippen LogP contribution in [-0.4, -0.2) is 10.9 Å². The summed E-state index contributed by atoms with van der Waals surface area (Å²) < 4.78 is 0. The smallest absolute Gasteiger partial charge is 0.221 e. The van der Waals surface area contributed by atoms with Crippen LogP contribution in [0.5, 0.6) is 0 Å². The molecule has 0 bridgehead atoms. The Morgan fingerprint density at radius 1 is 1.53 bits per heavy atom. The van der Waals surface area contributed by atoms with Crippen molar-refractivity contribution in [2.45, 2.75) is 20.4 Å². The maximum Gasteiger partial charge on any atom is 0.221 e. The molecule has 0 radical (unpaired) electrons. The lowest BCUT2D eigenvalue weighted by atomic mass is 10.3. The first kappa shape index (κ1) is 13.8. The summed E-state index contributed by atoms with van der Waals surface area (Å²) in [6.45, 7) is 4.05. The minimum Gasteiger partial charge on any atom is -0.379 e. The number of halogens is 1. The number of pyridine rings is 1. The van der Waals surface area contributed by atoms with Crippen LogP contribution >= 0.6 is 22.9 Å². The van der Waals surface area contributed by atoms with Crippen molar-refractivity contribution in [2.75, 3.05) is 10.6 Å². The van der Waals surface area contributed by atoms with E-state index < -0.39 is 0 Å². The third-order valence-corrected chi connectivity index (χ3v) is 3.84. The molecule has 0 fully saturated rings. The minimum absolute atomic E-state index is 0.0661. The Morgan fingerprint density at radius 3 is 3.00 bits per heavy atom. The molecule has 2 heterocycles. The van der Waals surface area contributed by atoms with Gasteiger partial charge in [-0.2, -0.15) is 0 Å². The summed E-state index contributed by atoms with van der Waals surface area (Å²) in [4.78, 5) is 16.2. The molecule has 0 unspecified atom stereocenters. The molecule has 2 N–H and O–H groups in total. The topological polar surface area (TPSA) is 54.0 Å². The zero-order chi connectivity index (χ0) is 13.8. The van der Waals surface area contributed by atoms with E-state index in [2.05, 4.69) is 15.6 Å². The monoisotopic (exact) mass is 295 g/mol. The number of thiophene rings is 1. The minimum atomic E-state index is -0.0661. The number of aryl methyl sites for hydroxylation is 1. The number of nitrogens with one attached hydrogen (secondary N) is 2. The van der Waals surface area contributed by atoms with Gasteiger partial charge in [0.15, 0.2) is 0 Å². The summed E-state index contributed by atoms with van der Waals surface area (Å²) in [6, 6.07) is 3.84. The Balaban J connectivity index is 2.04. The van der Waals surface area contributed by atoms with Crippen molar-refractivity contribution < 1.29 is 4.79 Å². The van der Waals surface area contributed by atoms with Gasteiger partial charge in [0.2, 0.25) is 5.91 Å². The molecule has 2 aromatic rings. The van der Waals surface area contributed by atoms with Crippen LogP contribution in [-0.2, 0) is 11.3 Å². The molecule has 2 aromatic heterocycles. The average Bonchev–Trinajstić information content (AvgIpc) is 2.77. The summed E-state index contributed by atoms with van der Waals surface area (Å²) in [5.74, 6) is -0.0661. The summed E-state index contributed by atoms with van der Waals surface area (Å²) in [6.07, 6.45) is 1.70. The summed E-state index contributed by atoms with van der Waals surface area (Å²) in [5.41, 5.74) is 2.69. The van der Waals surface area contributed by atoms with Crippen molar-refractivity contribution in [3.05, 3.63) is 39.3 Å². The lowest BCUT2D eigenvalue weighted by Gasteiger charge is -2.08. The van der Waals surface area contributed by atoms with Crippen LogP contribution in [0, 0.1) is 6.92 Å². The number of carbonyl (C=O) groups excluding carboxylic acids is 1. The summed E-state index contributed by atoms with van der Waals surface area (Å²) in [5, 5.41) is 8.54. The van der Waals surface area contributed by atoms with E-state index in [1.165, 1.54) is 6.92 Å². The van der Waals surface area contributed by atoms with E-state index in [1.54, 1.807) is 17.5 Å². The number of aromatic nitrogens is 1. The standard InChI is InChI=1S/C13H14ClN3OS/c1-8-5-10(6-16-13(8)14)15-7-12-11(3-4-19-12)17-9(2)18/h3-6,15H,7H2,1-2H3,(H,17,18). The third kappa shape index (κ3) is 3.68. The molecule has 0 aliphatic rings. The highest BCUT2D eigenvalue weighted by Crippen LogP contribution is 2.24. The second-order valence-corrected chi connectivity index (χ2v) is 5.48. The molecule has 0 atom stereocenters. The van der Waals surface area contributed by atoms with Crippen LogP contribution < -0.4 is 10.6 Å². The van der Waals surface area contributed by atoms with Gasteiger partial charge >= 0.3 is 0 Å². The Hall–Kier alpha value is -1.59. The Kier molecular flexibility index (Phi) is 4.39. The van der Waals surface area contributed by atoms with Gasteiger partial charge in [0.05, 0.1) is 24.1 Å². The average molecular weight is 296 g/mol. The zero-order valence-electron chi connectivity index (χ0n) is 10.7. The predicted octanol–water partition coefficient (Wildman–Crippen LogP) is 3.68. The molecule has 19 heavy (non-hydrogen) atoms. The molecule has 6 heteroatoms. The lowest BCUT2D eigenvalue weighted by Crippen LogP contribution is -2.08. The van der Waals surface area contributed by atoms with Gasteiger partial charge in [0.1, 0.15) is 5.15 Å². The van der Waals surface area contributed by atoms with E-state index in [9.17, 15) is 4.79 Å². The van der Waals surface area contributed by atoms with Crippen LogP contribution in [0.1, 0.15) is 17.4 Å². The fraction of sp³-hybridized carbons (Fsp3) is 0.231. The molecule has 0 spiro atoms. The van der Waals surface area contributed by atoms with Crippen molar-refractivity contribution in [2.24, 2.45) is 0 Å². The van der Waals surface area contributed by atoms with Gasteiger partial charge in [-0.15, -0.1) is 11.3 Å². The molecular weight excluding hydrogens is 282 g/mol. The SMILES string of the molecule is CC(=O)Nc1ccsc1CNc1cnc(Cl)c(C)c1. The van der Waals surface area contributed by atoms with Crippen molar-refractivity contribution in [1.82, 2.24) is 4.98 Å². The number of carbonyl (C=O) groups is 1. The second-order valence-electron chi connectivity index (χ2n) is 4.12. The van der Waals surface area contributed by atoms with Crippen molar-refractivity contribution in [3.8, 4) is 0 Å². The highest BCUT2D eigenvalue weighted by Gasteiger charge is 2.06. The highest BCUT2D eigenvalue weighted by atomic mass is 35.5. The Bertz CT molecular complexity index is 597. The van der Waals surface area contributed by atoms with Gasteiger partial charge in [0.25, 0.3) is 0 Å². The quantitative estimate of drug-likeness (QED) is 0.846. The van der Waals surface area contributed by atoms with Crippen molar-refractivity contribution in [1.29, 1.82) is 0 Å². The van der Waals surface area contributed by atoms with Gasteiger partial charge in [-0.05, 0) is 30.0 Å². The Morgan fingerprint density at radius 2 is 2.32 bits per heavy atom. The van der Waals surface area contributed by atoms with E-state index in [1.807, 2.05) is 24.4 Å². The molecule has 0 aromatic carbocycles. The van der Waals surface area contributed by atoms with E-state index >= 15 is 0 Å². The summed E-state index contributed by atoms with van der Waals surface area (Å²) >= 11 is 7.47. The van der Waals surface area contributed by atoms with Crippen molar-refractivity contribution >= 4 is 40.2 Å². The Labute approximate surface area is 120 Å². The first-order valence-electron chi connectivity index (χ1n) is 5.76. The van der Waals surface area contributed by atoms with Gasteiger partial charge < -0.3 is 10.6 Å². The van der Waals surface area contributed by atoms with Crippen LogP contribution in [0.25, 0.3) is 0 Å². The fourth-order valence-electron chi connectivity index (χ4n) is 1.62. The van der Waals surface area contributed by atoms with Gasteiger partial charge in [-0.25, -0.2) is 4.98 Å². The maximum atomic E-state index is 11.1. The largest absolute Gasteiger partial charge is 0.379 e. The van der Waals surface area contributed by atoms with E-state index in [-0.39, 0.29) is 5.91 Å². The number of nitrogens with zero attached hydrogens (tertiary/aromatic N) is 1. The molecular formula is C13H14ClN3OS. The summed E-state index contributed by atoms with van der Waals surface area (Å²) in [7, 11) is 0. The molecule has 0 aliphatic carbocycles. The van der Waals surface area contributed by atoms with E-state index in [0.29, 0.717) is 11.7 Å². The number of amides is 1. The lowest BCUT2D eigenvalue weighted by molar-refractivity contribution is -0.114. The van der Waals surface area contributed by atoms with Crippen molar-refractivity contribution in [3.63, 3.8) is 0 Å². The fourth-order valence-corrected chi connectivity index (χ4v) is 2.49. The van der Waals surface area contributed by atoms with Crippen LogP contribution in [0.3, 0.4) is 0 Å². The highest BCUT2D eigenvalue weighted by molar-refractivity contribution is 7.10. The van der Waals surface area contributed by atoms with E-state index in [4.69, 9.17) is 11.6 Å². The number of hydrogen-bond acceptors (Lipinski definition) is 4. The first-order valence-corrected chi connectivity index (χ1v) is 7.02. The van der Waals surface area contributed by atoms with Crippen LogP contribution in [0.15, 0.2) is 23.7 Å². The molecule has 2 rings (SSSR count). The first-order chi connectivity index (χ1) is 9.06. The zero-order valence-corrected chi connectivity index (χ0v) is 12.2. The van der Waals surface area contributed by atoms with Gasteiger partial charge in [-0.1, -0.05) is 11.6 Å². The molecule has 0 saturated heterocycles. The molecule has 4 nitrogen and oxygen atoms in total. The molecule has 0 aliphatic heterocycles. The van der Waals surface area contributed by atoms with Gasteiger partial charge in [0, 0.05) is 11.8 Å². The van der Waals surface area contributed by atoms with Crippen LogP contribution in [0.4, 0.5) is 11.4 Å². The predicted molar refractivity (Wildman–Crippen MR) is 79.9 cm³/mol. The third-order valence-electron chi connectivity index (χ3n) is 2.52. The van der Waals surface area contributed by atoms with E-state index in [0.717, 1.165) is 21.8 Å². The van der Waals surface area contributed by atoms with Crippen LogP contribution in [0.2, 0.25) is 5.15 Å². The molecule has 1 amide bonds.